The van der Waals surface area contributed by atoms with Crippen LogP contribution in [0.5, 0.6) is 0 Å². The van der Waals surface area contributed by atoms with Gasteiger partial charge in [0.2, 0.25) is 11.8 Å². The van der Waals surface area contributed by atoms with Gasteiger partial charge in [-0.1, -0.05) is 42.5 Å². The molecule has 0 bridgehead atoms. The van der Waals surface area contributed by atoms with Crippen molar-refractivity contribution >= 4 is 22.8 Å². The molecule has 0 radical (unpaired) electrons. The lowest BCUT2D eigenvalue weighted by atomic mass is 10.1. The fraction of sp³-hybridized carbons (Fsp3) is 0.286. The summed E-state index contributed by atoms with van der Waals surface area (Å²) in [6, 6.07) is 17.5. The Hall–Kier alpha value is -3.15. The van der Waals surface area contributed by atoms with Gasteiger partial charge in [0.1, 0.15) is 5.82 Å². The van der Waals surface area contributed by atoms with Crippen molar-refractivity contribution < 1.29 is 9.59 Å². The summed E-state index contributed by atoms with van der Waals surface area (Å²) in [6.07, 6.45) is 1.08. The molecule has 0 aliphatic rings. The van der Waals surface area contributed by atoms with Crippen molar-refractivity contribution in [1.29, 1.82) is 0 Å². The van der Waals surface area contributed by atoms with E-state index in [1.807, 2.05) is 55.5 Å². The summed E-state index contributed by atoms with van der Waals surface area (Å²) in [5.74, 6) is 0.635. The SMILES string of the molecule is Cc1nc2ccccc2n1CCCNC(=O)CNC(=O)Cc1ccccc1. The molecule has 0 saturated carbocycles. The van der Waals surface area contributed by atoms with E-state index in [-0.39, 0.29) is 24.8 Å². The number of aryl methyl sites for hydroxylation is 2. The van der Waals surface area contributed by atoms with E-state index in [0.29, 0.717) is 6.54 Å². The second kappa shape index (κ2) is 8.98. The molecule has 3 rings (SSSR count). The predicted molar refractivity (Wildman–Crippen MR) is 105 cm³/mol. The molecule has 2 amide bonds. The molecule has 2 N–H and O–H groups in total. The summed E-state index contributed by atoms with van der Waals surface area (Å²) in [4.78, 5) is 28.3. The van der Waals surface area contributed by atoms with Crippen LogP contribution in [0.3, 0.4) is 0 Å². The first-order valence-corrected chi connectivity index (χ1v) is 9.12. The molecule has 0 atom stereocenters. The van der Waals surface area contributed by atoms with Crippen molar-refractivity contribution in [2.45, 2.75) is 26.3 Å². The first kappa shape index (κ1) is 18.6. The molecule has 0 unspecified atom stereocenters. The lowest BCUT2D eigenvalue weighted by Crippen LogP contribution is -2.38. The fourth-order valence-electron chi connectivity index (χ4n) is 3.03. The van der Waals surface area contributed by atoms with Crippen molar-refractivity contribution in [3.8, 4) is 0 Å². The third-order valence-electron chi connectivity index (χ3n) is 4.38. The zero-order valence-corrected chi connectivity index (χ0v) is 15.4. The van der Waals surface area contributed by atoms with E-state index in [4.69, 9.17) is 0 Å². The van der Waals surface area contributed by atoms with E-state index in [2.05, 4.69) is 26.3 Å². The van der Waals surface area contributed by atoms with Gasteiger partial charge in [0, 0.05) is 13.1 Å². The molecule has 1 aromatic heterocycles. The van der Waals surface area contributed by atoms with Crippen LogP contribution >= 0.6 is 0 Å². The number of hydrogen-bond donors (Lipinski definition) is 2. The number of aromatic nitrogens is 2. The Morgan fingerprint density at radius 1 is 0.963 bits per heavy atom. The summed E-state index contributed by atoms with van der Waals surface area (Å²) in [7, 11) is 0. The maximum Gasteiger partial charge on any atom is 0.239 e. The highest BCUT2D eigenvalue weighted by atomic mass is 16.2. The monoisotopic (exact) mass is 364 g/mol. The Morgan fingerprint density at radius 2 is 1.70 bits per heavy atom. The first-order chi connectivity index (χ1) is 13.1. The highest BCUT2D eigenvalue weighted by molar-refractivity contribution is 5.85. The van der Waals surface area contributed by atoms with E-state index < -0.39 is 0 Å². The summed E-state index contributed by atoms with van der Waals surface area (Å²) < 4.78 is 2.16. The van der Waals surface area contributed by atoms with Crippen LogP contribution in [0.1, 0.15) is 17.8 Å². The second-order valence-electron chi connectivity index (χ2n) is 6.44. The standard InChI is InChI=1S/C21H24N4O2/c1-16-24-18-10-5-6-11-19(18)25(16)13-7-12-22-21(27)15-23-20(26)14-17-8-3-2-4-9-17/h2-6,8-11H,7,12-15H2,1H3,(H,22,27)(H,23,26). The van der Waals surface area contributed by atoms with Gasteiger partial charge in [-0.25, -0.2) is 4.98 Å². The Balaban J connectivity index is 1.37. The van der Waals surface area contributed by atoms with Crippen molar-refractivity contribution in [3.63, 3.8) is 0 Å². The topological polar surface area (TPSA) is 76.0 Å². The van der Waals surface area contributed by atoms with Crippen LogP contribution in [0, 0.1) is 6.92 Å². The maximum atomic E-state index is 11.9. The van der Waals surface area contributed by atoms with Crippen molar-refractivity contribution in [2.24, 2.45) is 0 Å². The number of para-hydroxylation sites is 2. The molecule has 0 saturated heterocycles. The number of rotatable bonds is 8. The number of carbonyl (C=O) groups excluding carboxylic acids is 2. The Kier molecular flexibility index (Phi) is 6.20. The van der Waals surface area contributed by atoms with Gasteiger partial charge in [-0.05, 0) is 31.0 Å². The molecule has 0 aliphatic carbocycles. The number of imidazole rings is 1. The van der Waals surface area contributed by atoms with Gasteiger partial charge in [0.25, 0.3) is 0 Å². The van der Waals surface area contributed by atoms with Crippen molar-refractivity contribution in [2.75, 3.05) is 13.1 Å². The Bertz CT molecular complexity index is 918. The maximum absolute atomic E-state index is 11.9. The minimum Gasteiger partial charge on any atom is -0.355 e. The second-order valence-corrected chi connectivity index (χ2v) is 6.44. The van der Waals surface area contributed by atoms with Gasteiger partial charge in [-0.2, -0.15) is 0 Å². The highest BCUT2D eigenvalue weighted by Gasteiger charge is 2.08. The zero-order valence-electron chi connectivity index (χ0n) is 15.4. The van der Waals surface area contributed by atoms with Crippen molar-refractivity contribution in [1.82, 2.24) is 20.2 Å². The van der Waals surface area contributed by atoms with Crippen LogP contribution in [0.2, 0.25) is 0 Å². The average molecular weight is 364 g/mol. The lowest BCUT2D eigenvalue weighted by Gasteiger charge is -2.09. The van der Waals surface area contributed by atoms with E-state index in [9.17, 15) is 9.59 Å². The van der Waals surface area contributed by atoms with Crippen LogP contribution in [-0.2, 0) is 22.6 Å². The fourth-order valence-corrected chi connectivity index (χ4v) is 3.03. The number of fused-ring (bicyclic) bond motifs is 1. The van der Waals surface area contributed by atoms with E-state index in [1.165, 1.54) is 0 Å². The first-order valence-electron chi connectivity index (χ1n) is 9.12. The van der Waals surface area contributed by atoms with Crippen LogP contribution in [-0.4, -0.2) is 34.5 Å². The molecule has 1 heterocycles. The quantitative estimate of drug-likeness (QED) is 0.602. The Morgan fingerprint density at radius 3 is 2.52 bits per heavy atom. The number of benzene rings is 2. The van der Waals surface area contributed by atoms with Crippen LogP contribution in [0.4, 0.5) is 0 Å². The number of nitrogens with zero attached hydrogens (tertiary/aromatic N) is 2. The van der Waals surface area contributed by atoms with Gasteiger partial charge in [-0.3, -0.25) is 9.59 Å². The number of carbonyl (C=O) groups is 2. The summed E-state index contributed by atoms with van der Waals surface area (Å²) in [5.41, 5.74) is 3.02. The minimum absolute atomic E-state index is 0.00129. The van der Waals surface area contributed by atoms with Crippen LogP contribution < -0.4 is 10.6 Å². The molecule has 0 aliphatic heterocycles. The van der Waals surface area contributed by atoms with Gasteiger partial charge >= 0.3 is 0 Å². The number of nitrogens with one attached hydrogen (secondary N) is 2. The average Bonchev–Trinajstić information content (AvgIpc) is 2.99. The van der Waals surface area contributed by atoms with E-state index in [0.717, 1.165) is 35.4 Å². The lowest BCUT2D eigenvalue weighted by molar-refractivity contribution is -0.125. The molecular formula is C21H24N4O2. The third kappa shape index (κ3) is 5.17. The molecule has 6 nitrogen and oxygen atoms in total. The third-order valence-corrected chi connectivity index (χ3v) is 4.38. The van der Waals surface area contributed by atoms with Crippen molar-refractivity contribution in [3.05, 3.63) is 66.0 Å². The van der Waals surface area contributed by atoms with Gasteiger partial charge in [0.05, 0.1) is 24.0 Å². The van der Waals surface area contributed by atoms with Gasteiger partial charge in [-0.15, -0.1) is 0 Å². The molecular weight excluding hydrogens is 340 g/mol. The molecule has 6 heteroatoms. The number of hydrogen-bond acceptors (Lipinski definition) is 3. The largest absolute Gasteiger partial charge is 0.355 e. The molecule has 0 spiro atoms. The van der Waals surface area contributed by atoms with Crippen LogP contribution in [0.15, 0.2) is 54.6 Å². The van der Waals surface area contributed by atoms with Crippen LogP contribution in [0.25, 0.3) is 11.0 Å². The minimum atomic E-state index is -0.177. The smallest absolute Gasteiger partial charge is 0.239 e. The summed E-state index contributed by atoms with van der Waals surface area (Å²) >= 11 is 0. The Labute approximate surface area is 158 Å². The van der Waals surface area contributed by atoms with E-state index in [1.54, 1.807) is 0 Å². The van der Waals surface area contributed by atoms with Gasteiger partial charge in [0.15, 0.2) is 0 Å². The molecule has 2 aromatic carbocycles. The summed E-state index contributed by atoms with van der Waals surface area (Å²) in [5, 5.41) is 5.50. The summed E-state index contributed by atoms with van der Waals surface area (Å²) in [6.45, 7) is 3.33. The zero-order chi connectivity index (χ0) is 19.1. The predicted octanol–water partition coefficient (Wildman–Crippen LogP) is 2.21. The highest BCUT2D eigenvalue weighted by Crippen LogP contribution is 2.15. The molecule has 27 heavy (non-hydrogen) atoms. The molecule has 140 valence electrons. The molecule has 3 aromatic rings. The van der Waals surface area contributed by atoms with Gasteiger partial charge < -0.3 is 15.2 Å². The van der Waals surface area contributed by atoms with E-state index >= 15 is 0 Å². The normalized spacial score (nSPS) is 10.7. The number of amides is 2. The molecule has 0 fully saturated rings.